The quantitative estimate of drug-likeness (QED) is 0.746. The van der Waals surface area contributed by atoms with Gasteiger partial charge >= 0.3 is 0 Å². The molecule has 1 saturated heterocycles. The molecule has 3 heterocycles. The third kappa shape index (κ3) is 1.72. The largest absolute Gasteiger partial charge is 0.316 e. The molecule has 1 unspecified atom stereocenters. The number of nitrogens with one attached hydrogen (secondary N) is 1. The molecule has 1 fully saturated rings. The van der Waals surface area contributed by atoms with Crippen LogP contribution in [0, 0.1) is 0 Å². The van der Waals surface area contributed by atoms with Gasteiger partial charge in [-0.3, -0.25) is 0 Å². The smallest absolute Gasteiger partial charge is 0.160 e. The minimum Gasteiger partial charge on any atom is -0.316 e. The maximum Gasteiger partial charge on any atom is 0.160 e. The summed E-state index contributed by atoms with van der Waals surface area (Å²) in [6.45, 7) is 1.88. The lowest BCUT2D eigenvalue weighted by atomic mass is 10.1. The van der Waals surface area contributed by atoms with Crippen molar-refractivity contribution >= 4 is 9.84 Å². The summed E-state index contributed by atoms with van der Waals surface area (Å²) < 4.78 is 22.9. The fraction of sp³-hybridized carbons (Fsp3) is 0.600. The van der Waals surface area contributed by atoms with Crippen molar-refractivity contribution < 1.29 is 8.42 Å². The van der Waals surface area contributed by atoms with E-state index in [9.17, 15) is 8.42 Å². The predicted molar refractivity (Wildman–Crippen MR) is 58.6 cm³/mol. The van der Waals surface area contributed by atoms with E-state index in [1.165, 1.54) is 0 Å². The van der Waals surface area contributed by atoms with Gasteiger partial charge in [-0.05, 0) is 13.0 Å². The number of rotatable bonds is 1. The minimum atomic E-state index is -2.96. The number of nitrogens with zero attached hydrogens (tertiary/aromatic N) is 2. The Hall–Kier alpha value is -1.01. The van der Waals surface area contributed by atoms with Gasteiger partial charge in [0.15, 0.2) is 9.84 Å². The molecule has 1 aromatic heterocycles. The molecule has 0 amide bonds. The number of aromatic nitrogens is 2. The highest BCUT2D eigenvalue weighted by Crippen LogP contribution is 2.25. The monoisotopic (exact) mass is 239 g/mol. The Balaban J connectivity index is 1.95. The molecule has 86 valence electrons. The van der Waals surface area contributed by atoms with E-state index in [1.54, 1.807) is 6.20 Å². The van der Waals surface area contributed by atoms with Crippen molar-refractivity contribution in [3.8, 4) is 0 Å². The highest BCUT2D eigenvalue weighted by atomic mass is 32.2. The van der Waals surface area contributed by atoms with Gasteiger partial charge in [0.2, 0.25) is 0 Å². The predicted octanol–water partition coefficient (Wildman–Crippen LogP) is -0.0181. The molecule has 16 heavy (non-hydrogen) atoms. The maximum atomic E-state index is 11.4. The van der Waals surface area contributed by atoms with E-state index in [4.69, 9.17) is 0 Å². The Morgan fingerprint density at radius 3 is 3.00 bits per heavy atom. The second-order valence-corrected chi connectivity index (χ2v) is 6.49. The van der Waals surface area contributed by atoms with Crippen LogP contribution < -0.4 is 5.32 Å². The lowest BCUT2D eigenvalue weighted by Gasteiger charge is -2.07. The molecule has 5 nitrogen and oxygen atoms in total. The summed E-state index contributed by atoms with van der Waals surface area (Å²) in [5, 5.41) is 3.26. The van der Waals surface area contributed by atoms with Gasteiger partial charge in [-0.2, -0.15) is 0 Å². The highest BCUT2D eigenvalue weighted by molar-refractivity contribution is 7.90. The number of hydrogen-bond acceptors (Lipinski definition) is 5. The Morgan fingerprint density at radius 1 is 1.38 bits per heavy atom. The Labute approximate surface area is 94.2 Å². The van der Waals surface area contributed by atoms with E-state index in [2.05, 4.69) is 15.3 Å². The van der Waals surface area contributed by atoms with E-state index >= 15 is 0 Å². The van der Waals surface area contributed by atoms with Crippen molar-refractivity contribution in [3.05, 3.63) is 23.3 Å². The van der Waals surface area contributed by atoms with Crippen molar-refractivity contribution in [2.24, 2.45) is 0 Å². The molecule has 2 aliphatic heterocycles. The fourth-order valence-corrected chi connectivity index (χ4v) is 3.75. The van der Waals surface area contributed by atoms with Crippen LogP contribution in [0.25, 0.3) is 0 Å². The first-order valence-corrected chi connectivity index (χ1v) is 7.22. The van der Waals surface area contributed by atoms with Crippen molar-refractivity contribution in [1.29, 1.82) is 0 Å². The molecule has 1 aromatic rings. The Bertz CT molecular complexity index is 521. The van der Waals surface area contributed by atoms with Crippen LogP contribution in [0.15, 0.2) is 6.20 Å². The van der Waals surface area contributed by atoms with Crippen LogP contribution in [0.3, 0.4) is 0 Å². The lowest BCUT2D eigenvalue weighted by Crippen LogP contribution is -2.11. The molecule has 0 aromatic carbocycles. The van der Waals surface area contributed by atoms with Crippen molar-refractivity contribution in [1.82, 2.24) is 15.3 Å². The topological polar surface area (TPSA) is 72.0 Å². The van der Waals surface area contributed by atoms with E-state index in [-0.39, 0.29) is 11.5 Å². The molecule has 0 radical (unpaired) electrons. The molecule has 0 aliphatic carbocycles. The number of hydrogen-bond donors (Lipinski definition) is 1. The van der Waals surface area contributed by atoms with E-state index in [1.807, 2.05) is 0 Å². The zero-order valence-electron chi connectivity index (χ0n) is 8.81. The molecule has 0 spiro atoms. The Morgan fingerprint density at radius 2 is 2.25 bits per heavy atom. The van der Waals surface area contributed by atoms with Crippen molar-refractivity contribution in [2.45, 2.75) is 23.8 Å². The van der Waals surface area contributed by atoms with Gasteiger partial charge in [0.1, 0.15) is 5.82 Å². The summed E-state index contributed by atoms with van der Waals surface area (Å²) in [5.74, 6) is 1.32. The van der Waals surface area contributed by atoms with Crippen LogP contribution >= 0.6 is 0 Å². The van der Waals surface area contributed by atoms with Gasteiger partial charge in [0.25, 0.3) is 0 Å². The molecule has 1 atom stereocenters. The van der Waals surface area contributed by atoms with Crippen LogP contribution in [-0.2, 0) is 21.3 Å². The Kier molecular flexibility index (Phi) is 2.22. The second-order valence-electron chi connectivity index (χ2n) is 4.42. The summed E-state index contributed by atoms with van der Waals surface area (Å²) in [6, 6.07) is 0. The van der Waals surface area contributed by atoms with Gasteiger partial charge in [-0.15, -0.1) is 0 Å². The average Bonchev–Trinajstić information content (AvgIpc) is 2.80. The summed E-state index contributed by atoms with van der Waals surface area (Å²) in [5.41, 5.74) is 1.48. The normalized spacial score (nSPS) is 26.9. The molecule has 2 aliphatic rings. The summed E-state index contributed by atoms with van der Waals surface area (Å²) in [7, 11) is -2.96. The van der Waals surface area contributed by atoms with E-state index in [0.29, 0.717) is 11.6 Å². The van der Waals surface area contributed by atoms with Gasteiger partial charge in [0, 0.05) is 24.2 Å². The second kappa shape index (κ2) is 3.49. The third-order valence-electron chi connectivity index (χ3n) is 3.13. The van der Waals surface area contributed by atoms with Crippen LogP contribution in [0.2, 0.25) is 0 Å². The average molecular weight is 239 g/mol. The first kappa shape index (κ1) is 10.2. The molecule has 6 heteroatoms. The van der Waals surface area contributed by atoms with E-state index < -0.39 is 9.84 Å². The highest BCUT2D eigenvalue weighted by Gasteiger charge is 2.28. The lowest BCUT2D eigenvalue weighted by molar-refractivity contribution is 0.597. The summed E-state index contributed by atoms with van der Waals surface area (Å²) in [4.78, 5) is 8.68. The zero-order valence-corrected chi connectivity index (χ0v) is 9.63. The number of fused-ring (bicyclic) bond motifs is 1. The van der Waals surface area contributed by atoms with Crippen LogP contribution in [0.5, 0.6) is 0 Å². The van der Waals surface area contributed by atoms with Gasteiger partial charge in [0.05, 0.1) is 17.2 Å². The van der Waals surface area contributed by atoms with Crippen molar-refractivity contribution in [2.75, 3.05) is 13.1 Å². The van der Waals surface area contributed by atoms with Crippen LogP contribution in [0.4, 0.5) is 0 Å². The first-order valence-electron chi connectivity index (χ1n) is 5.40. The van der Waals surface area contributed by atoms with E-state index in [0.717, 1.165) is 30.9 Å². The summed E-state index contributed by atoms with van der Waals surface area (Å²) >= 11 is 0. The van der Waals surface area contributed by atoms with Gasteiger partial charge in [-0.1, -0.05) is 0 Å². The third-order valence-corrected chi connectivity index (χ3v) is 4.59. The van der Waals surface area contributed by atoms with Crippen LogP contribution in [-0.4, -0.2) is 31.5 Å². The minimum absolute atomic E-state index is 0.0814. The maximum absolute atomic E-state index is 11.4. The van der Waals surface area contributed by atoms with Crippen molar-refractivity contribution in [3.63, 3.8) is 0 Å². The molecule has 0 saturated carbocycles. The summed E-state index contributed by atoms with van der Waals surface area (Å²) in [6.07, 6.45) is 2.71. The SMILES string of the molecule is O=S1(=O)Cc2cnc(C3CCNC3)nc2C1. The first-order chi connectivity index (χ1) is 7.64. The standard InChI is InChI=1S/C10H13N3O2S/c14-16(15)5-8-4-12-10(13-9(8)6-16)7-1-2-11-3-7/h4,7,11H,1-3,5-6H2. The fourth-order valence-electron chi connectivity index (χ4n) is 2.27. The molecule has 0 bridgehead atoms. The zero-order chi connectivity index (χ0) is 11.2. The van der Waals surface area contributed by atoms with Gasteiger partial charge in [-0.25, -0.2) is 18.4 Å². The van der Waals surface area contributed by atoms with Crippen LogP contribution in [0.1, 0.15) is 29.4 Å². The van der Waals surface area contributed by atoms with Gasteiger partial charge < -0.3 is 5.32 Å². The molecule has 3 rings (SSSR count). The molecule has 1 N–H and O–H groups in total. The molecular weight excluding hydrogens is 226 g/mol. The molecular formula is C10H13N3O2S. The number of sulfone groups is 1.